The van der Waals surface area contributed by atoms with E-state index in [9.17, 15) is 28.7 Å². The second kappa shape index (κ2) is 4.23. The van der Waals surface area contributed by atoms with Crippen LogP contribution in [-0.2, 0) is 0 Å². The molecule has 0 amide bonds. The summed E-state index contributed by atoms with van der Waals surface area (Å²) < 4.78 is 90.6. The van der Waals surface area contributed by atoms with Gasteiger partial charge < -0.3 is 5.73 Å². The summed E-state index contributed by atoms with van der Waals surface area (Å²) in [4.78, 5) is -1.93. The Hall–Kier alpha value is -0.540. The topological polar surface area (TPSA) is 26.0 Å². The van der Waals surface area contributed by atoms with E-state index >= 15 is 0 Å². The van der Waals surface area contributed by atoms with Gasteiger partial charge in [-0.3, -0.25) is 0 Å². The Labute approximate surface area is 119 Å². The summed E-state index contributed by atoms with van der Waals surface area (Å²) in [6.07, 6.45) is -7.49. The first kappa shape index (κ1) is 17.5. The number of rotatable bonds is 3. The van der Waals surface area contributed by atoms with E-state index in [1.54, 1.807) is 0 Å². The molecule has 1 aromatic carbocycles. The van der Waals surface area contributed by atoms with Crippen molar-refractivity contribution in [3.8, 4) is 0 Å². The van der Waals surface area contributed by atoms with Crippen molar-refractivity contribution in [2.75, 3.05) is 11.5 Å². The van der Waals surface area contributed by atoms with Crippen LogP contribution < -0.4 is 5.73 Å². The van der Waals surface area contributed by atoms with E-state index < -0.39 is 48.8 Å². The number of alkyl halides is 3. The summed E-state index contributed by atoms with van der Waals surface area (Å²) >= 11 is 10.7. The number of nitrogen functional groups attached to an aromatic ring is 1. The monoisotopic (exact) mass is 365 g/mol. The summed E-state index contributed by atoms with van der Waals surface area (Å²) in [5.41, 5.74) is 4.79. The largest absolute Gasteiger partial charge is 0.396 e. The van der Waals surface area contributed by atoms with Crippen molar-refractivity contribution in [2.24, 2.45) is 0 Å². The molecule has 0 aromatic heterocycles. The summed E-state index contributed by atoms with van der Waals surface area (Å²) in [6, 6.07) is 0.279. The predicted octanol–water partition coefficient (Wildman–Crippen LogP) is 6.30. The summed E-state index contributed by atoms with van der Waals surface area (Å²) in [5, 5.41) is -1.37. The molecule has 11 heteroatoms. The van der Waals surface area contributed by atoms with Crippen LogP contribution in [0.5, 0.6) is 0 Å². The molecule has 0 saturated heterocycles. The minimum Gasteiger partial charge on any atom is -0.396 e. The van der Waals surface area contributed by atoms with E-state index in [0.717, 1.165) is 0 Å². The normalized spacial score (nSPS) is 16.6. The molecule has 0 saturated carbocycles. The Kier molecular flexibility index (Phi) is 3.71. The molecule has 0 aliphatic heterocycles. The molecular formula is C9H8Cl2F7NS. The Morgan fingerprint density at radius 3 is 1.75 bits per heavy atom. The van der Waals surface area contributed by atoms with Crippen LogP contribution in [0.15, 0.2) is 17.0 Å². The average molecular weight is 366 g/mol. The van der Waals surface area contributed by atoms with Crippen LogP contribution in [0.2, 0.25) is 10.0 Å². The fraction of sp³-hybridized carbons (Fsp3) is 0.333. The Morgan fingerprint density at radius 2 is 1.40 bits per heavy atom. The van der Waals surface area contributed by atoms with E-state index in [0.29, 0.717) is 0 Å². The minimum absolute atomic E-state index is 0.140. The van der Waals surface area contributed by atoms with Crippen molar-refractivity contribution in [1.82, 2.24) is 0 Å². The van der Waals surface area contributed by atoms with Gasteiger partial charge >= 0.3 is 6.18 Å². The second-order valence-corrected chi connectivity index (χ2v) is 8.28. The van der Waals surface area contributed by atoms with Gasteiger partial charge in [0, 0.05) is 0 Å². The van der Waals surface area contributed by atoms with Crippen LogP contribution in [0.4, 0.5) is 34.4 Å². The van der Waals surface area contributed by atoms with Crippen molar-refractivity contribution in [3.63, 3.8) is 0 Å². The van der Waals surface area contributed by atoms with Crippen LogP contribution in [-0.4, -0.2) is 11.9 Å². The van der Waals surface area contributed by atoms with Crippen molar-refractivity contribution < 1.29 is 28.7 Å². The second-order valence-electron chi connectivity index (χ2n) is 4.11. The van der Waals surface area contributed by atoms with Gasteiger partial charge in [0.1, 0.15) is 0 Å². The zero-order chi connectivity index (χ0) is 16.0. The maximum absolute atomic E-state index is 13.7. The van der Waals surface area contributed by atoms with Crippen molar-refractivity contribution >= 4 is 38.7 Å². The van der Waals surface area contributed by atoms with Gasteiger partial charge in [-0.05, 0) is 12.1 Å². The fourth-order valence-electron chi connectivity index (χ4n) is 1.26. The molecule has 0 fully saturated rings. The predicted molar refractivity (Wildman–Crippen MR) is 66.7 cm³/mol. The number of hydrogen-bond acceptors (Lipinski definition) is 1. The van der Waals surface area contributed by atoms with Crippen molar-refractivity contribution in [2.45, 2.75) is 17.5 Å². The maximum atomic E-state index is 13.7. The number of benzene rings is 1. The minimum atomic E-state index is -9.15. The molecule has 0 radical (unpaired) electrons. The van der Waals surface area contributed by atoms with Gasteiger partial charge in [0.2, 0.25) is 0 Å². The molecule has 0 spiro atoms. The molecule has 0 atom stereocenters. The fourth-order valence-corrected chi connectivity index (χ4v) is 3.51. The molecule has 1 rings (SSSR count). The molecule has 0 aliphatic rings. The highest BCUT2D eigenvalue weighted by Crippen LogP contribution is 3.00. The molecule has 20 heavy (non-hydrogen) atoms. The molecular weight excluding hydrogens is 358 g/mol. The van der Waals surface area contributed by atoms with Gasteiger partial charge in [-0.2, -0.15) is 13.2 Å². The van der Waals surface area contributed by atoms with Gasteiger partial charge in [-0.15, -0.1) is 15.5 Å². The molecule has 2 N–H and O–H groups in total. The number of anilines is 1. The Morgan fingerprint density at radius 1 is 1.00 bits per heavy atom. The number of halogens is 9. The molecule has 0 heterocycles. The van der Waals surface area contributed by atoms with Gasteiger partial charge in [0.05, 0.1) is 32.8 Å². The van der Waals surface area contributed by atoms with Gasteiger partial charge in [0.25, 0.3) is 0 Å². The highest BCUT2D eigenvalue weighted by molar-refractivity contribution is 8.49. The molecule has 1 aromatic rings. The lowest BCUT2D eigenvalue weighted by molar-refractivity contribution is -0.130. The number of nitrogens with two attached hydrogens (primary N) is 1. The highest BCUT2D eigenvalue weighted by atomic mass is 35.5. The summed E-state index contributed by atoms with van der Waals surface area (Å²) in [6.45, 7) is 0. The molecule has 0 bridgehead atoms. The zero-order valence-corrected chi connectivity index (χ0v) is 11.8. The van der Waals surface area contributed by atoms with Crippen molar-refractivity contribution in [3.05, 3.63) is 22.2 Å². The summed E-state index contributed by atoms with van der Waals surface area (Å²) in [5.74, 6) is -2.65. The van der Waals surface area contributed by atoms with E-state index in [2.05, 4.69) is 0 Å². The zero-order valence-electron chi connectivity index (χ0n) is 9.46. The van der Waals surface area contributed by atoms with Crippen LogP contribution in [0.1, 0.15) is 6.42 Å². The standard InChI is InChI=1S/C9H8Cl2F7NS/c10-6-3-5(4-7(11)8(6)19)20(15,16,17,18)2-1-9(12,13)14/h3-4H,1-2,19H2. The highest BCUT2D eigenvalue weighted by Gasteiger charge is 2.65. The van der Waals surface area contributed by atoms with Crippen LogP contribution >= 0.6 is 33.0 Å². The smallest absolute Gasteiger partial charge is 0.390 e. The lowest BCUT2D eigenvalue weighted by Crippen LogP contribution is -2.23. The third-order valence-electron chi connectivity index (χ3n) is 2.37. The lowest BCUT2D eigenvalue weighted by Gasteiger charge is -2.50. The van der Waals surface area contributed by atoms with Gasteiger partial charge in [0.15, 0.2) is 9.84 Å². The van der Waals surface area contributed by atoms with Crippen LogP contribution in [0.25, 0.3) is 0 Å². The SMILES string of the molecule is Nc1c(Cl)cc(S(F)(F)(F)(F)CCC(F)(F)F)cc1Cl. The molecule has 118 valence electrons. The lowest BCUT2D eigenvalue weighted by atomic mass is 10.3. The first-order valence-corrected chi connectivity index (χ1v) is 7.83. The maximum Gasteiger partial charge on any atom is 0.390 e. The quantitative estimate of drug-likeness (QED) is 0.493. The van der Waals surface area contributed by atoms with E-state index in [4.69, 9.17) is 28.9 Å². The molecule has 0 unspecified atom stereocenters. The van der Waals surface area contributed by atoms with Crippen LogP contribution in [0.3, 0.4) is 0 Å². The molecule has 0 aliphatic carbocycles. The van der Waals surface area contributed by atoms with Crippen LogP contribution in [0, 0.1) is 0 Å². The van der Waals surface area contributed by atoms with Gasteiger partial charge in [-0.25, -0.2) is 0 Å². The Balaban J connectivity index is 3.38. The Bertz CT molecular complexity index is 527. The summed E-state index contributed by atoms with van der Waals surface area (Å²) in [7, 11) is -9.15. The van der Waals surface area contributed by atoms with Crippen molar-refractivity contribution in [1.29, 1.82) is 0 Å². The third kappa shape index (κ3) is 3.98. The van der Waals surface area contributed by atoms with E-state index in [1.165, 1.54) is 0 Å². The van der Waals surface area contributed by atoms with E-state index in [-0.39, 0.29) is 12.1 Å². The average Bonchev–Trinajstić information content (AvgIpc) is 2.21. The first-order chi connectivity index (χ1) is 8.54. The van der Waals surface area contributed by atoms with Gasteiger partial charge in [-0.1, -0.05) is 23.2 Å². The number of hydrogen-bond donors (Lipinski definition) is 1. The van der Waals surface area contributed by atoms with E-state index in [1.807, 2.05) is 0 Å². The third-order valence-corrected chi connectivity index (χ3v) is 5.30. The molecule has 1 nitrogen and oxygen atoms in total. The first-order valence-electron chi connectivity index (χ1n) is 4.85.